The van der Waals surface area contributed by atoms with Crippen LogP contribution >= 0.6 is 11.6 Å². The van der Waals surface area contributed by atoms with E-state index in [1.807, 2.05) is 18.2 Å². The Morgan fingerprint density at radius 3 is 2.52 bits per heavy atom. The van der Waals surface area contributed by atoms with Crippen LogP contribution in [-0.2, 0) is 16.0 Å². The molecule has 25 heavy (non-hydrogen) atoms. The maximum Gasteiger partial charge on any atom is 0.288 e. The van der Waals surface area contributed by atoms with Gasteiger partial charge >= 0.3 is 0 Å². The van der Waals surface area contributed by atoms with Crippen molar-refractivity contribution < 1.29 is 14.5 Å². The molecule has 0 bridgehead atoms. The maximum atomic E-state index is 11.7. The van der Waals surface area contributed by atoms with Gasteiger partial charge in [0.05, 0.1) is 11.3 Å². The minimum absolute atomic E-state index is 0.0137. The second-order valence-corrected chi connectivity index (χ2v) is 5.41. The molecule has 0 fully saturated rings. The van der Waals surface area contributed by atoms with Crippen LogP contribution in [0, 0.1) is 10.1 Å². The largest absolute Gasteiger partial charge is 0.288 e. The summed E-state index contributed by atoms with van der Waals surface area (Å²) in [7, 11) is 0. The molecule has 0 spiro atoms. The number of nitrogens with zero attached hydrogens (tertiary/aromatic N) is 1. The van der Waals surface area contributed by atoms with Crippen LogP contribution in [0.25, 0.3) is 6.08 Å². The fraction of sp³-hybridized carbons (Fsp3) is 0.0588. The topological polar surface area (TPSA) is 101 Å². The summed E-state index contributed by atoms with van der Waals surface area (Å²) >= 11 is 5.71. The van der Waals surface area contributed by atoms with E-state index in [2.05, 4.69) is 10.9 Å². The number of nitro benzene ring substituents is 1. The minimum Gasteiger partial charge on any atom is -0.273 e. The molecular formula is C17H14ClN3O4. The Kier molecular flexibility index (Phi) is 6.25. The van der Waals surface area contributed by atoms with E-state index < -0.39 is 10.8 Å². The van der Waals surface area contributed by atoms with Gasteiger partial charge in [-0.15, -0.1) is 0 Å². The van der Waals surface area contributed by atoms with Crippen molar-refractivity contribution in [3.05, 3.63) is 80.9 Å². The number of rotatable bonds is 5. The average Bonchev–Trinajstić information content (AvgIpc) is 2.60. The molecule has 2 aromatic rings. The molecule has 7 nitrogen and oxygen atoms in total. The maximum absolute atomic E-state index is 11.7. The van der Waals surface area contributed by atoms with Crippen LogP contribution in [0.3, 0.4) is 0 Å². The third-order valence-corrected chi connectivity index (χ3v) is 3.45. The predicted octanol–water partition coefficient (Wildman–Crippen LogP) is 2.65. The zero-order chi connectivity index (χ0) is 18.2. The third kappa shape index (κ3) is 5.74. The smallest absolute Gasteiger partial charge is 0.273 e. The number of carbonyl (C=O) groups is 2. The van der Waals surface area contributed by atoms with E-state index in [1.165, 1.54) is 24.3 Å². The number of amides is 2. The van der Waals surface area contributed by atoms with Crippen molar-refractivity contribution in [1.82, 2.24) is 10.9 Å². The highest BCUT2D eigenvalue weighted by Gasteiger charge is 2.11. The molecule has 2 amide bonds. The van der Waals surface area contributed by atoms with E-state index in [1.54, 1.807) is 12.1 Å². The van der Waals surface area contributed by atoms with Crippen molar-refractivity contribution in [3.63, 3.8) is 0 Å². The van der Waals surface area contributed by atoms with E-state index in [-0.39, 0.29) is 23.0 Å². The first-order chi connectivity index (χ1) is 12.0. The van der Waals surface area contributed by atoms with Crippen LogP contribution in [0.15, 0.2) is 54.6 Å². The molecule has 2 rings (SSSR count). The Bertz CT molecular complexity index is 822. The number of halogens is 1. The number of hydrogen-bond donors (Lipinski definition) is 2. The minimum atomic E-state index is -0.608. The molecule has 0 aromatic heterocycles. The van der Waals surface area contributed by atoms with Gasteiger partial charge in [0.1, 0.15) is 5.02 Å². The zero-order valence-electron chi connectivity index (χ0n) is 12.9. The normalized spacial score (nSPS) is 10.4. The first kappa shape index (κ1) is 18.2. The summed E-state index contributed by atoms with van der Waals surface area (Å²) in [6.45, 7) is 0. The molecular weight excluding hydrogens is 346 g/mol. The predicted molar refractivity (Wildman–Crippen MR) is 93.6 cm³/mol. The molecule has 0 unspecified atom stereocenters. The van der Waals surface area contributed by atoms with Gasteiger partial charge < -0.3 is 0 Å². The van der Waals surface area contributed by atoms with Gasteiger partial charge in [0.15, 0.2) is 0 Å². The Morgan fingerprint density at radius 2 is 1.84 bits per heavy atom. The highest BCUT2D eigenvalue weighted by atomic mass is 35.5. The van der Waals surface area contributed by atoms with Gasteiger partial charge in [0.25, 0.3) is 11.6 Å². The van der Waals surface area contributed by atoms with Gasteiger partial charge in [0.2, 0.25) is 5.91 Å². The Morgan fingerprint density at radius 1 is 1.12 bits per heavy atom. The van der Waals surface area contributed by atoms with Crippen molar-refractivity contribution in [1.29, 1.82) is 0 Å². The van der Waals surface area contributed by atoms with Crippen LogP contribution in [-0.4, -0.2) is 16.7 Å². The van der Waals surface area contributed by atoms with Gasteiger partial charge in [-0.3, -0.25) is 30.6 Å². The van der Waals surface area contributed by atoms with Crippen LogP contribution in [0.5, 0.6) is 0 Å². The van der Waals surface area contributed by atoms with Crippen LogP contribution in [0.4, 0.5) is 5.69 Å². The lowest BCUT2D eigenvalue weighted by molar-refractivity contribution is -0.384. The van der Waals surface area contributed by atoms with Crippen molar-refractivity contribution in [2.24, 2.45) is 0 Å². The number of nitrogens with one attached hydrogen (secondary N) is 2. The molecule has 2 aromatic carbocycles. The van der Waals surface area contributed by atoms with Crippen LogP contribution in [0.1, 0.15) is 11.1 Å². The average molecular weight is 360 g/mol. The summed E-state index contributed by atoms with van der Waals surface area (Å²) < 4.78 is 0. The van der Waals surface area contributed by atoms with Gasteiger partial charge in [-0.1, -0.05) is 48.0 Å². The molecule has 2 N–H and O–H groups in total. The Balaban J connectivity index is 1.87. The summed E-state index contributed by atoms with van der Waals surface area (Å²) in [6.07, 6.45) is 2.66. The second kappa shape index (κ2) is 8.60. The third-order valence-electron chi connectivity index (χ3n) is 3.13. The fourth-order valence-corrected chi connectivity index (χ4v) is 2.13. The summed E-state index contributed by atoms with van der Waals surface area (Å²) in [4.78, 5) is 33.6. The van der Waals surface area contributed by atoms with E-state index >= 15 is 0 Å². The molecule has 8 heteroatoms. The quantitative estimate of drug-likeness (QED) is 0.486. The molecule has 0 radical (unpaired) electrons. The van der Waals surface area contributed by atoms with Crippen molar-refractivity contribution in [2.45, 2.75) is 6.42 Å². The van der Waals surface area contributed by atoms with Gasteiger partial charge in [-0.05, 0) is 23.3 Å². The van der Waals surface area contributed by atoms with Gasteiger partial charge in [-0.25, -0.2) is 0 Å². The molecule has 0 aliphatic carbocycles. The first-order valence-corrected chi connectivity index (χ1v) is 7.58. The van der Waals surface area contributed by atoms with E-state index in [0.717, 1.165) is 11.6 Å². The highest BCUT2D eigenvalue weighted by molar-refractivity contribution is 6.32. The van der Waals surface area contributed by atoms with Crippen molar-refractivity contribution in [2.75, 3.05) is 0 Å². The zero-order valence-corrected chi connectivity index (χ0v) is 13.7. The number of carbonyl (C=O) groups excluding carboxylic acids is 2. The molecule has 0 atom stereocenters. The number of hydrazine groups is 1. The number of hydrogen-bond acceptors (Lipinski definition) is 4. The molecule has 0 heterocycles. The molecule has 0 saturated carbocycles. The van der Waals surface area contributed by atoms with Crippen molar-refractivity contribution in [3.8, 4) is 0 Å². The second-order valence-electron chi connectivity index (χ2n) is 5.00. The summed E-state index contributed by atoms with van der Waals surface area (Å²) in [6, 6.07) is 13.2. The molecule has 0 aliphatic rings. The summed E-state index contributed by atoms with van der Waals surface area (Å²) in [5.41, 5.74) is 5.52. The molecule has 0 aliphatic heterocycles. The Hall–Kier alpha value is -3.19. The summed E-state index contributed by atoms with van der Waals surface area (Å²) in [5, 5.41) is 10.8. The van der Waals surface area contributed by atoms with E-state index in [4.69, 9.17) is 11.6 Å². The van der Waals surface area contributed by atoms with Gasteiger partial charge in [0, 0.05) is 12.1 Å². The van der Waals surface area contributed by atoms with Crippen LogP contribution < -0.4 is 10.9 Å². The number of benzene rings is 2. The van der Waals surface area contributed by atoms with E-state index in [9.17, 15) is 19.7 Å². The van der Waals surface area contributed by atoms with E-state index in [0.29, 0.717) is 5.56 Å². The molecule has 128 valence electrons. The standard InChI is InChI=1S/C17H14ClN3O4/c18-14-8-6-13(10-15(14)21(24)25)7-9-16(22)19-20-17(23)11-12-4-2-1-3-5-12/h1-10H,11H2,(H,19,22)(H,20,23)/b9-7+. The van der Waals surface area contributed by atoms with Crippen LogP contribution in [0.2, 0.25) is 5.02 Å². The lowest BCUT2D eigenvalue weighted by atomic mass is 10.1. The monoisotopic (exact) mass is 359 g/mol. The lowest BCUT2D eigenvalue weighted by Crippen LogP contribution is -2.41. The van der Waals surface area contributed by atoms with Gasteiger partial charge in [-0.2, -0.15) is 0 Å². The molecule has 0 saturated heterocycles. The lowest BCUT2D eigenvalue weighted by Gasteiger charge is -2.05. The fourth-order valence-electron chi connectivity index (χ4n) is 1.94. The van der Waals surface area contributed by atoms with Crippen molar-refractivity contribution >= 4 is 35.2 Å². The summed E-state index contributed by atoms with van der Waals surface area (Å²) in [5.74, 6) is -0.936. The SMILES string of the molecule is O=C(/C=C/c1ccc(Cl)c([N+](=O)[O-])c1)NNC(=O)Cc1ccccc1. The first-order valence-electron chi connectivity index (χ1n) is 7.20. The Labute approximate surface area is 148 Å². The number of nitro groups is 1. The highest BCUT2D eigenvalue weighted by Crippen LogP contribution is 2.25.